The second-order valence-electron chi connectivity index (χ2n) is 6.52. The van der Waals surface area contributed by atoms with E-state index in [1.54, 1.807) is 14.2 Å². The first-order valence-corrected chi connectivity index (χ1v) is 9.10. The summed E-state index contributed by atoms with van der Waals surface area (Å²) in [5.41, 5.74) is 5.48. The molecule has 0 aliphatic rings. The van der Waals surface area contributed by atoms with E-state index in [0.29, 0.717) is 0 Å². The Morgan fingerprint density at radius 1 is 0.500 bits per heavy atom. The zero-order valence-electron chi connectivity index (χ0n) is 15.6. The van der Waals surface area contributed by atoms with Gasteiger partial charge in [0.15, 0.2) is 0 Å². The molecule has 0 aliphatic carbocycles. The van der Waals surface area contributed by atoms with Crippen LogP contribution in [-0.4, -0.2) is 14.2 Å². The molecule has 0 saturated heterocycles. The lowest BCUT2D eigenvalue weighted by atomic mass is 9.99. The lowest BCUT2D eigenvalue weighted by molar-refractivity contribution is 0.414. The van der Waals surface area contributed by atoms with Gasteiger partial charge < -0.3 is 9.47 Å². The van der Waals surface area contributed by atoms with Gasteiger partial charge in [-0.3, -0.25) is 0 Å². The summed E-state index contributed by atoms with van der Waals surface area (Å²) in [6.07, 6.45) is 4.21. The second kappa shape index (κ2) is 9.10. The fourth-order valence-corrected chi connectivity index (χ4v) is 3.10. The molecule has 0 aromatic heterocycles. The molecule has 134 valence electrons. The lowest BCUT2D eigenvalue weighted by Gasteiger charge is -2.07. The molecule has 2 heteroatoms. The van der Waals surface area contributed by atoms with Crippen LogP contribution >= 0.6 is 0 Å². The van der Waals surface area contributed by atoms with Crippen molar-refractivity contribution in [3.8, 4) is 11.5 Å². The van der Waals surface area contributed by atoms with Gasteiger partial charge in [0, 0.05) is 0 Å². The minimum absolute atomic E-state index is 0.911. The molecule has 0 unspecified atom stereocenters. The highest BCUT2D eigenvalue weighted by atomic mass is 16.5. The van der Waals surface area contributed by atoms with E-state index in [4.69, 9.17) is 9.47 Å². The maximum atomic E-state index is 5.22. The average molecular weight is 346 g/mol. The van der Waals surface area contributed by atoms with Crippen molar-refractivity contribution in [1.29, 1.82) is 0 Å². The van der Waals surface area contributed by atoms with Gasteiger partial charge >= 0.3 is 0 Å². The summed E-state index contributed by atoms with van der Waals surface area (Å²) in [5, 5.41) is 0. The Morgan fingerprint density at radius 2 is 0.885 bits per heavy atom. The Kier molecular flexibility index (Phi) is 6.32. The van der Waals surface area contributed by atoms with Crippen molar-refractivity contribution in [2.75, 3.05) is 14.2 Å². The van der Waals surface area contributed by atoms with E-state index >= 15 is 0 Å². The summed E-state index contributed by atoms with van der Waals surface area (Å²) in [6.45, 7) is 0. The summed E-state index contributed by atoms with van der Waals surface area (Å²) >= 11 is 0. The first-order chi connectivity index (χ1) is 12.8. The number of hydrogen-bond donors (Lipinski definition) is 0. The first kappa shape index (κ1) is 18.1. The van der Waals surface area contributed by atoms with Gasteiger partial charge in [0.05, 0.1) is 14.2 Å². The summed E-state index contributed by atoms with van der Waals surface area (Å²) in [6, 6.07) is 25.7. The van der Waals surface area contributed by atoms with Gasteiger partial charge in [-0.1, -0.05) is 48.5 Å². The molecular weight excluding hydrogens is 320 g/mol. The van der Waals surface area contributed by atoms with E-state index in [2.05, 4.69) is 48.5 Å². The molecule has 3 rings (SSSR count). The summed E-state index contributed by atoms with van der Waals surface area (Å²) in [7, 11) is 3.40. The fourth-order valence-electron chi connectivity index (χ4n) is 3.10. The van der Waals surface area contributed by atoms with Gasteiger partial charge in [-0.15, -0.1) is 0 Å². The highest BCUT2D eigenvalue weighted by Crippen LogP contribution is 2.16. The fraction of sp³-hybridized carbons (Fsp3) is 0.250. The van der Waals surface area contributed by atoms with Crippen LogP contribution in [0.2, 0.25) is 0 Å². The van der Waals surface area contributed by atoms with Gasteiger partial charge in [0.1, 0.15) is 11.5 Å². The van der Waals surface area contributed by atoms with Crippen molar-refractivity contribution >= 4 is 0 Å². The number of hydrogen-bond acceptors (Lipinski definition) is 2. The van der Waals surface area contributed by atoms with Crippen molar-refractivity contribution in [3.63, 3.8) is 0 Å². The van der Waals surface area contributed by atoms with Crippen molar-refractivity contribution in [2.24, 2.45) is 0 Å². The van der Waals surface area contributed by atoms with E-state index in [1.807, 2.05) is 24.3 Å². The van der Waals surface area contributed by atoms with Crippen molar-refractivity contribution in [2.45, 2.75) is 25.7 Å². The van der Waals surface area contributed by atoms with Crippen LogP contribution in [0.5, 0.6) is 11.5 Å². The zero-order chi connectivity index (χ0) is 18.2. The normalized spacial score (nSPS) is 10.5. The molecule has 2 nitrogen and oxygen atoms in total. The number of aryl methyl sites for hydroxylation is 4. The van der Waals surface area contributed by atoms with Crippen LogP contribution in [0.3, 0.4) is 0 Å². The third-order valence-corrected chi connectivity index (χ3v) is 4.71. The predicted octanol–water partition coefficient (Wildman–Crippen LogP) is 5.27. The zero-order valence-corrected chi connectivity index (χ0v) is 15.6. The molecular formula is C24H26O2. The maximum Gasteiger partial charge on any atom is 0.118 e. The van der Waals surface area contributed by atoms with Crippen LogP contribution in [0, 0.1) is 0 Å². The summed E-state index contributed by atoms with van der Waals surface area (Å²) in [4.78, 5) is 0. The maximum absolute atomic E-state index is 5.22. The molecule has 0 spiro atoms. The molecule has 3 aromatic carbocycles. The van der Waals surface area contributed by atoms with E-state index < -0.39 is 0 Å². The van der Waals surface area contributed by atoms with Gasteiger partial charge in [0.2, 0.25) is 0 Å². The molecule has 3 aromatic rings. The Morgan fingerprint density at radius 3 is 1.27 bits per heavy atom. The molecule has 0 aliphatic heterocycles. The van der Waals surface area contributed by atoms with Crippen molar-refractivity contribution < 1.29 is 9.47 Å². The minimum Gasteiger partial charge on any atom is -0.497 e. The SMILES string of the molecule is COc1ccc(CCc2cccc(CCc3ccc(OC)cc3)c2)cc1. The Bertz CT molecular complexity index is 738. The molecule has 0 atom stereocenters. The molecule has 0 radical (unpaired) electrons. The highest BCUT2D eigenvalue weighted by molar-refractivity contribution is 5.31. The molecule has 26 heavy (non-hydrogen) atoms. The van der Waals surface area contributed by atoms with Crippen LogP contribution in [0.4, 0.5) is 0 Å². The van der Waals surface area contributed by atoms with Crippen LogP contribution in [0.15, 0.2) is 72.8 Å². The Hall–Kier alpha value is -2.74. The molecule has 0 bridgehead atoms. The van der Waals surface area contributed by atoms with E-state index in [9.17, 15) is 0 Å². The molecule has 0 fully saturated rings. The largest absolute Gasteiger partial charge is 0.497 e. The third-order valence-electron chi connectivity index (χ3n) is 4.71. The number of rotatable bonds is 8. The smallest absolute Gasteiger partial charge is 0.118 e. The molecule has 0 saturated carbocycles. The second-order valence-corrected chi connectivity index (χ2v) is 6.52. The van der Waals surface area contributed by atoms with Gasteiger partial charge in [-0.2, -0.15) is 0 Å². The van der Waals surface area contributed by atoms with E-state index in [0.717, 1.165) is 37.2 Å². The van der Waals surface area contributed by atoms with Crippen LogP contribution < -0.4 is 9.47 Å². The number of benzene rings is 3. The molecule has 0 heterocycles. The Balaban J connectivity index is 1.55. The predicted molar refractivity (Wildman–Crippen MR) is 107 cm³/mol. The standard InChI is InChI=1S/C24H26O2/c1-25-23-14-10-19(11-15-23)6-8-21-4-3-5-22(18-21)9-7-20-12-16-24(26-2)17-13-20/h3-5,10-18H,6-9H2,1-2H3. The monoisotopic (exact) mass is 346 g/mol. The van der Waals surface area contributed by atoms with Gasteiger partial charge in [-0.05, 0) is 72.2 Å². The van der Waals surface area contributed by atoms with Crippen LogP contribution in [0.1, 0.15) is 22.3 Å². The average Bonchev–Trinajstić information content (AvgIpc) is 2.72. The van der Waals surface area contributed by atoms with Gasteiger partial charge in [0.25, 0.3) is 0 Å². The summed E-state index contributed by atoms with van der Waals surface area (Å²) in [5.74, 6) is 1.82. The lowest BCUT2D eigenvalue weighted by Crippen LogP contribution is -1.95. The van der Waals surface area contributed by atoms with Crippen LogP contribution in [-0.2, 0) is 25.7 Å². The third kappa shape index (κ3) is 5.13. The minimum atomic E-state index is 0.911. The highest BCUT2D eigenvalue weighted by Gasteiger charge is 2.01. The van der Waals surface area contributed by atoms with E-state index in [1.165, 1.54) is 22.3 Å². The summed E-state index contributed by atoms with van der Waals surface area (Å²) < 4.78 is 10.4. The Labute approximate surface area is 156 Å². The molecule has 0 N–H and O–H groups in total. The number of ether oxygens (including phenoxy) is 2. The number of methoxy groups -OCH3 is 2. The van der Waals surface area contributed by atoms with E-state index in [-0.39, 0.29) is 0 Å². The topological polar surface area (TPSA) is 18.5 Å². The van der Waals surface area contributed by atoms with Crippen molar-refractivity contribution in [3.05, 3.63) is 95.1 Å². The first-order valence-electron chi connectivity index (χ1n) is 9.10. The van der Waals surface area contributed by atoms with Crippen molar-refractivity contribution in [1.82, 2.24) is 0 Å². The van der Waals surface area contributed by atoms with Gasteiger partial charge in [-0.25, -0.2) is 0 Å². The molecule has 0 amide bonds. The van der Waals surface area contributed by atoms with Crippen LogP contribution in [0.25, 0.3) is 0 Å². The quantitative estimate of drug-likeness (QED) is 0.553.